The first-order valence-corrected chi connectivity index (χ1v) is 7.62. The molecule has 1 atom stereocenters. The van der Waals surface area contributed by atoms with Crippen molar-refractivity contribution in [3.63, 3.8) is 0 Å². The second-order valence-corrected chi connectivity index (χ2v) is 5.69. The summed E-state index contributed by atoms with van der Waals surface area (Å²) >= 11 is 0. The highest BCUT2D eigenvalue weighted by molar-refractivity contribution is 5.85. The largest absolute Gasteiger partial charge is 0.337 e. The van der Waals surface area contributed by atoms with E-state index in [2.05, 4.69) is 22.3 Å². The van der Waals surface area contributed by atoms with Gasteiger partial charge in [-0.15, -0.1) is 24.8 Å². The van der Waals surface area contributed by atoms with Crippen molar-refractivity contribution in [2.75, 3.05) is 32.7 Å². The maximum atomic E-state index is 12.7. The molecule has 0 spiro atoms. The Labute approximate surface area is 145 Å². The van der Waals surface area contributed by atoms with Crippen LogP contribution in [0.2, 0.25) is 0 Å². The number of hydrogen-bond acceptors (Lipinski definition) is 3. The van der Waals surface area contributed by atoms with Crippen molar-refractivity contribution in [1.82, 2.24) is 15.1 Å². The van der Waals surface area contributed by atoms with Crippen LogP contribution in [-0.4, -0.2) is 54.5 Å². The molecule has 2 aliphatic rings. The molecular formula is C16H25Cl2N3O. The number of likely N-dealkylation sites (tertiary alicyclic amines) is 1. The van der Waals surface area contributed by atoms with Gasteiger partial charge in [0.1, 0.15) is 0 Å². The highest BCUT2D eigenvalue weighted by Crippen LogP contribution is 2.19. The Hall–Kier alpha value is -0.810. The summed E-state index contributed by atoms with van der Waals surface area (Å²) in [7, 11) is 0. The molecule has 0 bridgehead atoms. The molecule has 2 heterocycles. The van der Waals surface area contributed by atoms with Crippen LogP contribution < -0.4 is 5.32 Å². The van der Waals surface area contributed by atoms with Crippen molar-refractivity contribution in [2.24, 2.45) is 0 Å². The first kappa shape index (κ1) is 19.2. The number of piperazine rings is 1. The van der Waals surface area contributed by atoms with Gasteiger partial charge in [-0.25, -0.2) is 0 Å². The van der Waals surface area contributed by atoms with E-state index in [4.69, 9.17) is 0 Å². The fourth-order valence-corrected chi connectivity index (χ4v) is 3.21. The average Bonchev–Trinajstić information content (AvgIpc) is 2.51. The number of benzene rings is 1. The lowest BCUT2D eigenvalue weighted by molar-refractivity contribution is -0.141. The van der Waals surface area contributed by atoms with Crippen molar-refractivity contribution < 1.29 is 4.79 Å². The lowest BCUT2D eigenvalue weighted by atomic mass is 10.0. The smallest absolute Gasteiger partial charge is 0.240 e. The first-order valence-electron chi connectivity index (χ1n) is 7.62. The second kappa shape index (κ2) is 9.36. The van der Waals surface area contributed by atoms with Crippen LogP contribution in [-0.2, 0) is 11.3 Å². The molecule has 1 N–H and O–H groups in total. The Morgan fingerprint density at radius 3 is 2.41 bits per heavy atom. The molecule has 1 amide bonds. The van der Waals surface area contributed by atoms with Gasteiger partial charge in [-0.05, 0) is 18.4 Å². The van der Waals surface area contributed by atoms with Gasteiger partial charge in [0, 0.05) is 39.3 Å². The normalized spacial score (nSPS) is 22.6. The summed E-state index contributed by atoms with van der Waals surface area (Å²) in [6, 6.07) is 10.4. The van der Waals surface area contributed by atoms with E-state index in [1.807, 2.05) is 23.1 Å². The summed E-state index contributed by atoms with van der Waals surface area (Å²) in [5, 5.41) is 3.35. The lowest BCUT2D eigenvalue weighted by Gasteiger charge is -2.40. The average molecular weight is 346 g/mol. The summed E-state index contributed by atoms with van der Waals surface area (Å²) in [6.07, 6.45) is 2.14. The van der Waals surface area contributed by atoms with E-state index in [9.17, 15) is 4.79 Å². The van der Waals surface area contributed by atoms with Gasteiger partial charge in [0.2, 0.25) is 5.91 Å². The fourth-order valence-electron chi connectivity index (χ4n) is 3.21. The van der Waals surface area contributed by atoms with Crippen LogP contribution >= 0.6 is 24.8 Å². The van der Waals surface area contributed by atoms with E-state index < -0.39 is 0 Å². The van der Waals surface area contributed by atoms with Crippen molar-refractivity contribution >= 4 is 30.7 Å². The van der Waals surface area contributed by atoms with Gasteiger partial charge in [0.25, 0.3) is 0 Å². The van der Waals surface area contributed by atoms with E-state index in [1.54, 1.807) is 0 Å². The molecule has 124 valence electrons. The fraction of sp³-hybridized carbons (Fsp3) is 0.562. The first-order chi connectivity index (χ1) is 9.84. The zero-order chi connectivity index (χ0) is 13.8. The second-order valence-electron chi connectivity index (χ2n) is 5.69. The number of rotatable bonds is 3. The maximum absolute atomic E-state index is 12.7. The van der Waals surface area contributed by atoms with Gasteiger partial charge in [0.05, 0.1) is 6.04 Å². The molecular weight excluding hydrogens is 321 g/mol. The van der Waals surface area contributed by atoms with Crippen LogP contribution in [0.4, 0.5) is 0 Å². The topological polar surface area (TPSA) is 35.6 Å². The molecule has 1 aromatic carbocycles. The third kappa shape index (κ3) is 4.59. The van der Waals surface area contributed by atoms with Crippen LogP contribution in [0, 0.1) is 0 Å². The molecule has 1 unspecified atom stereocenters. The van der Waals surface area contributed by atoms with Crippen LogP contribution in [0.3, 0.4) is 0 Å². The maximum Gasteiger partial charge on any atom is 0.240 e. The quantitative estimate of drug-likeness (QED) is 0.909. The number of nitrogens with one attached hydrogen (secondary N) is 1. The summed E-state index contributed by atoms with van der Waals surface area (Å²) < 4.78 is 0. The molecule has 3 rings (SSSR count). The number of carbonyl (C=O) groups is 1. The molecule has 2 saturated heterocycles. The highest BCUT2D eigenvalue weighted by atomic mass is 35.5. The standard InChI is InChI=1S/C16H23N3O.2ClH/c20-16-15(18-11-8-17-9-12-18)7-4-10-19(16)13-14-5-2-1-3-6-14;;/h1-3,5-6,15,17H,4,7-13H2;2*1H. The van der Waals surface area contributed by atoms with Crippen LogP contribution in [0.25, 0.3) is 0 Å². The molecule has 1 aromatic rings. The van der Waals surface area contributed by atoms with E-state index in [0.717, 1.165) is 52.1 Å². The molecule has 2 aliphatic heterocycles. The number of amides is 1. The van der Waals surface area contributed by atoms with E-state index in [1.165, 1.54) is 5.56 Å². The van der Waals surface area contributed by atoms with Gasteiger partial charge in [-0.3, -0.25) is 9.69 Å². The molecule has 22 heavy (non-hydrogen) atoms. The van der Waals surface area contributed by atoms with E-state index in [-0.39, 0.29) is 30.9 Å². The van der Waals surface area contributed by atoms with Crippen molar-refractivity contribution in [2.45, 2.75) is 25.4 Å². The van der Waals surface area contributed by atoms with Gasteiger partial charge in [-0.2, -0.15) is 0 Å². The van der Waals surface area contributed by atoms with Crippen molar-refractivity contribution in [1.29, 1.82) is 0 Å². The molecule has 0 aliphatic carbocycles. The number of piperidine rings is 1. The van der Waals surface area contributed by atoms with Gasteiger partial charge < -0.3 is 10.2 Å². The zero-order valence-electron chi connectivity index (χ0n) is 12.7. The summed E-state index contributed by atoms with van der Waals surface area (Å²) in [4.78, 5) is 17.1. The number of carbonyl (C=O) groups excluding carboxylic acids is 1. The van der Waals surface area contributed by atoms with Gasteiger partial charge in [-0.1, -0.05) is 30.3 Å². The minimum Gasteiger partial charge on any atom is -0.337 e. The predicted octanol–water partition coefficient (Wildman–Crippen LogP) is 1.93. The van der Waals surface area contributed by atoms with Crippen LogP contribution in [0.5, 0.6) is 0 Å². The Balaban J connectivity index is 0.00000121. The number of halogens is 2. The van der Waals surface area contributed by atoms with Crippen molar-refractivity contribution in [3.05, 3.63) is 35.9 Å². The van der Waals surface area contributed by atoms with Crippen LogP contribution in [0.15, 0.2) is 30.3 Å². The Kier molecular flexibility index (Phi) is 8.18. The molecule has 2 fully saturated rings. The van der Waals surface area contributed by atoms with Gasteiger partial charge in [0.15, 0.2) is 0 Å². The predicted molar refractivity (Wildman–Crippen MR) is 93.8 cm³/mol. The minimum atomic E-state index is 0. The van der Waals surface area contributed by atoms with Gasteiger partial charge >= 0.3 is 0 Å². The Morgan fingerprint density at radius 1 is 1.05 bits per heavy atom. The SMILES string of the molecule is Cl.Cl.O=C1C(N2CCNCC2)CCCN1Cc1ccccc1. The molecule has 4 nitrogen and oxygen atoms in total. The lowest BCUT2D eigenvalue weighted by Crippen LogP contribution is -2.56. The number of hydrogen-bond donors (Lipinski definition) is 1. The molecule has 6 heteroatoms. The number of nitrogens with zero attached hydrogens (tertiary/aromatic N) is 2. The van der Waals surface area contributed by atoms with E-state index in [0.29, 0.717) is 5.91 Å². The summed E-state index contributed by atoms with van der Waals surface area (Å²) in [6.45, 7) is 5.65. The Morgan fingerprint density at radius 2 is 1.73 bits per heavy atom. The zero-order valence-corrected chi connectivity index (χ0v) is 14.4. The third-order valence-corrected chi connectivity index (χ3v) is 4.31. The monoisotopic (exact) mass is 345 g/mol. The molecule has 0 radical (unpaired) electrons. The minimum absolute atomic E-state index is 0. The van der Waals surface area contributed by atoms with E-state index >= 15 is 0 Å². The summed E-state index contributed by atoms with van der Waals surface area (Å²) in [5.41, 5.74) is 1.22. The van der Waals surface area contributed by atoms with Crippen molar-refractivity contribution in [3.8, 4) is 0 Å². The molecule has 0 aromatic heterocycles. The molecule has 0 saturated carbocycles. The van der Waals surface area contributed by atoms with Crippen LogP contribution in [0.1, 0.15) is 18.4 Å². The third-order valence-electron chi connectivity index (χ3n) is 4.31. The summed E-state index contributed by atoms with van der Waals surface area (Å²) in [5.74, 6) is 0.321. The Bertz CT molecular complexity index is 452. The highest BCUT2D eigenvalue weighted by Gasteiger charge is 2.33.